The van der Waals surface area contributed by atoms with E-state index in [-0.39, 0.29) is 17.9 Å². The van der Waals surface area contributed by atoms with Gasteiger partial charge in [0.15, 0.2) is 0 Å². The molecule has 4 rings (SSSR count). The molecule has 3 aromatic heterocycles. The van der Waals surface area contributed by atoms with Crippen LogP contribution in [0.3, 0.4) is 0 Å². The molecule has 1 aliphatic heterocycles. The third-order valence-corrected chi connectivity index (χ3v) is 5.68. The first-order chi connectivity index (χ1) is 16.4. The van der Waals surface area contributed by atoms with E-state index in [0.717, 1.165) is 35.5 Å². The number of hydrogen-bond donors (Lipinski definition) is 2. The summed E-state index contributed by atoms with van der Waals surface area (Å²) < 4.78 is 0. The standard InChI is InChI=1S/C25H29N7O2/c1-16-9-10-22(27-15-16)31-24(34)20-7-4-6-19(30-20)21-8-5-13-32(21)23(33)11-12-26-25-28-17(2)14-18(3)29-25/h4,6-7,9-10,14-15,21H,5,8,11-13H2,1-3H3,(H,26,28,29)(H,27,31,34)/t21-/m0/s1. The highest BCUT2D eigenvalue weighted by molar-refractivity contribution is 6.02. The molecule has 1 saturated heterocycles. The molecule has 9 heteroatoms. The molecule has 0 unspecified atom stereocenters. The van der Waals surface area contributed by atoms with Crippen molar-refractivity contribution < 1.29 is 9.59 Å². The van der Waals surface area contributed by atoms with E-state index in [0.29, 0.717) is 37.0 Å². The van der Waals surface area contributed by atoms with Crippen LogP contribution in [0.2, 0.25) is 0 Å². The second-order valence-electron chi connectivity index (χ2n) is 8.52. The molecule has 34 heavy (non-hydrogen) atoms. The normalized spacial score (nSPS) is 15.3. The SMILES string of the molecule is Cc1ccc(NC(=O)c2cccc([C@@H]3CCCN3C(=O)CCNc3nc(C)cc(C)n3)n2)nc1. The third-order valence-electron chi connectivity index (χ3n) is 5.68. The lowest BCUT2D eigenvalue weighted by Crippen LogP contribution is -2.32. The summed E-state index contributed by atoms with van der Waals surface area (Å²) in [6.45, 7) is 6.89. The topological polar surface area (TPSA) is 113 Å². The van der Waals surface area contributed by atoms with Crippen LogP contribution in [0.15, 0.2) is 42.6 Å². The minimum absolute atomic E-state index is 0.0416. The number of aromatic nitrogens is 4. The van der Waals surface area contributed by atoms with Gasteiger partial charge in [-0.25, -0.2) is 19.9 Å². The Labute approximate surface area is 199 Å². The van der Waals surface area contributed by atoms with Crippen molar-refractivity contribution in [2.75, 3.05) is 23.7 Å². The number of amides is 2. The Balaban J connectivity index is 1.38. The minimum Gasteiger partial charge on any atom is -0.354 e. The van der Waals surface area contributed by atoms with Crippen molar-refractivity contribution in [3.8, 4) is 0 Å². The van der Waals surface area contributed by atoms with E-state index >= 15 is 0 Å². The first-order valence-corrected chi connectivity index (χ1v) is 11.5. The van der Waals surface area contributed by atoms with Crippen molar-refractivity contribution in [1.82, 2.24) is 24.8 Å². The highest BCUT2D eigenvalue weighted by atomic mass is 16.2. The van der Waals surface area contributed by atoms with E-state index in [2.05, 4.69) is 30.6 Å². The first kappa shape index (κ1) is 23.3. The van der Waals surface area contributed by atoms with Crippen LogP contribution in [0.25, 0.3) is 0 Å². The molecule has 176 valence electrons. The van der Waals surface area contributed by atoms with Gasteiger partial charge in [-0.2, -0.15) is 0 Å². The molecule has 0 aromatic carbocycles. The van der Waals surface area contributed by atoms with Gasteiger partial charge in [0.1, 0.15) is 11.5 Å². The molecule has 0 bridgehead atoms. The van der Waals surface area contributed by atoms with Gasteiger partial charge < -0.3 is 15.5 Å². The van der Waals surface area contributed by atoms with Gasteiger partial charge in [0.05, 0.1) is 11.7 Å². The molecule has 2 N–H and O–H groups in total. The average Bonchev–Trinajstić information content (AvgIpc) is 3.30. The largest absolute Gasteiger partial charge is 0.354 e. The van der Waals surface area contributed by atoms with E-state index in [1.807, 2.05) is 43.9 Å². The molecule has 0 spiro atoms. The number of likely N-dealkylation sites (tertiary alicyclic amines) is 1. The number of rotatable bonds is 7. The zero-order valence-electron chi connectivity index (χ0n) is 19.7. The number of nitrogens with one attached hydrogen (secondary N) is 2. The highest BCUT2D eigenvalue weighted by Gasteiger charge is 2.31. The van der Waals surface area contributed by atoms with Gasteiger partial charge in [-0.05, 0) is 63.4 Å². The Kier molecular flexibility index (Phi) is 7.10. The maximum absolute atomic E-state index is 13.0. The van der Waals surface area contributed by atoms with Crippen molar-refractivity contribution in [1.29, 1.82) is 0 Å². The molecule has 0 radical (unpaired) electrons. The third kappa shape index (κ3) is 5.72. The maximum atomic E-state index is 13.0. The van der Waals surface area contributed by atoms with Crippen molar-refractivity contribution >= 4 is 23.6 Å². The van der Waals surface area contributed by atoms with E-state index in [1.54, 1.807) is 24.4 Å². The molecule has 0 aliphatic carbocycles. The van der Waals surface area contributed by atoms with Crippen LogP contribution >= 0.6 is 0 Å². The Morgan fingerprint density at radius 2 is 1.85 bits per heavy atom. The number of aryl methyl sites for hydroxylation is 3. The first-order valence-electron chi connectivity index (χ1n) is 11.5. The van der Waals surface area contributed by atoms with Crippen molar-refractivity contribution in [2.24, 2.45) is 0 Å². The van der Waals surface area contributed by atoms with Gasteiger partial charge in [-0.3, -0.25) is 9.59 Å². The molecular formula is C25H29N7O2. The van der Waals surface area contributed by atoms with Crippen molar-refractivity contribution in [2.45, 2.75) is 46.1 Å². The van der Waals surface area contributed by atoms with Gasteiger partial charge in [0.2, 0.25) is 11.9 Å². The second-order valence-corrected chi connectivity index (χ2v) is 8.52. The van der Waals surface area contributed by atoms with Crippen LogP contribution in [0, 0.1) is 20.8 Å². The van der Waals surface area contributed by atoms with Gasteiger partial charge in [0, 0.05) is 37.1 Å². The summed E-state index contributed by atoms with van der Waals surface area (Å²) in [6.07, 6.45) is 3.74. The van der Waals surface area contributed by atoms with Crippen LogP contribution < -0.4 is 10.6 Å². The van der Waals surface area contributed by atoms with Gasteiger partial charge in [0.25, 0.3) is 5.91 Å². The molecule has 3 aromatic rings. The second kappa shape index (κ2) is 10.4. The monoisotopic (exact) mass is 459 g/mol. The predicted molar refractivity (Wildman–Crippen MR) is 129 cm³/mol. The molecule has 1 aliphatic rings. The lowest BCUT2D eigenvalue weighted by Gasteiger charge is -2.24. The summed E-state index contributed by atoms with van der Waals surface area (Å²) in [5.74, 6) is 0.721. The summed E-state index contributed by atoms with van der Waals surface area (Å²) in [5.41, 5.74) is 3.80. The summed E-state index contributed by atoms with van der Waals surface area (Å²) >= 11 is 0. The predicted octanol–water partition coefficient (Wildman–Crippen LogP) is 3.61. The van der Waals surface area contributed by atoms with E-state index in [9.17, 15) is 9.59 Å². The van der Waals surface area contributed by atoms with Crippen LogP contribution in [0.1, 0.15) is 58.4 Å². The number of pyridine rings is 2. The van der Waals surface area contributed by atoms with Gasteiger partial charge in [-0.15, -0.1) is 0 Å². The van der Waals surface area contributed by atoms with E-state index in [1.165, 1.54) is 0 Å². The Hall–Kier alpha value is -3.88. The molecule has 2 amide bonds. The summed E-state index contributed by atoms with van der Waals surface area (Å²) in [6, 6.07) is 10.8. The molecule has 1 atom stereocenters. The molecule has 1 fully saturated rings. The number of hydrogen-bond acceptors (Lipinski definition) is 7. The zero-order chi connectivity index (χ0) is 24.1. The number of carbonyl (C=O) groups is 2. The summed E-state index contributed by atoms with van der Waals surface area (Å²) in [5, 5.41) is 5.92. The number of nitrogens with zero attached hydrogens (tertiary/aromatic N) is 5. The molecular weight excluding hydrogens is 430 g/mol. The quantitative estimate of drug-likeness (QED) is 0.555. The fourth-order valence-corrected chi connectivity index (χ4v) is 4.09. The van der Waals surface area contributed by atoms with Crippen LogP contribution in [-0.4, -0.2) is 49.7 Å². The summed E-state index contributed by atoms with van der Waals surface area (Å²) in [7, 11) is 0. The minimum atomic E-state index is -0.327. The lowest BCUT2D eigenvalue weighted by atomic mass is 10.1. The zero-order valence-corrected chi connectivity index (χ0v) is 19.7. The van der Waals surface area contributed by atoms with Crippen molar-refractivity contribution in [3.63, 3.8) is 0 Å². The average molecular weight is 460 g/mol. The van der Waals surface area contributed by atoms with E-state index in [4.69, 9.17) is 0 Å². The fraction of sp³-hybridized carbons (Fsp3) is 0.360. The van der Waals surface area contributed by atoms with E-state index < -0.39 is 0 Å². The summed E-state index contributed by atoms with van der Waals surface area (Å²) in [4.78, 5) is 45.0. The van der Waals surface area contributed by atoms with Crippen LogP contribution in [-0.2, 0) is 4.79 Å². The number of anilines is 2. The molecule has 9 nitrogen and oxygen atoms in total. The van der Waals surface area contributed by atoms with Gasteiger partial charge >= 0.3 is 0 Å². The Bertz CT molecular complexity index is 1160. The number of carbonyl (C=O) groups excluding carboxylic acids is 2. The van der Waals surface area contributed by atoms with Crippen molar-refractivity contribution in [3.05, 3.63) is 70.9 Å². The van der Waals surface area contributed by atoms with Crippen LogP contribution in [0.5, 0.6) is 0 Å². The molecule has 4 heterocycles. The van der Waals surface area contributed by atoms with Gasteiger partial charge in [-0.1, -0.05) is 12.1 Å². The maximum Gasteiger partial charge on any atom is 0.275 e. The smallest absolute Gasteiger partial charge is 0.275 e. The lowest BCUT2D eigenvalue weighted by molar-refractivity contribution is -0.131. The Morgan fingerprint density at radius 1 is 1.06 bits per heavy atom. The highest BCUT2D eigenvalue weighted by Crippen LogP contribution is 2.31. The fourth-order valence-electron chi connectivity index (χ4n) is 4.09. The Morgan fingerprint density at radius 3 is 2.59 bits per heavy atom. The molecule has 0 saturated carbocycles. The van der Waals surface area contributed by atoms with Crippen LogP contribution in [0.4, 0.5) is 11.8 Å².